The van der Waals surface area contributed by atoms with Crippen LogP contribution in [0.1, 0.15) is 29.0 Å². The molecule has 1 aromatic rings. The van der Waals surface area contributed by atoms with Gasteiger partial charge < -0.3 is 20.4 Å². The fourth-order valence-corrected chi connectivity index (χ4v) is 3.92. The molecule has 1 saturated heterocycles. The summed E-state index contributed by atoms with van der Waals surface area (Å²) in [6.07, 6.45) is 2.25. The Kier molecular flexibility index (Phi) is 3.61. The van der Waals surface area contributed by atoms with Crippen molar-refractivity contribution < 1.29 is 14.6 Å². The number of likely N-dealkylation sites (tertiary alicyclic amines) is 1. The average molecular weight is 313 g/mol. The van der Waals surface area contributed by atoms with Crippen LogP contribution < -0.4 is 10.4 Å². The highest BCUT2D eigenvalue weighted by Crippen LogP contribution is 2.58. The monoisotopic (exact) mass is 313 g/mol. The van der Waals surface area contributed by atoms with Crippen LogP contribution in [-0.4, -0.2) is 49.1 Å². The Morgan fingerprint density at radius 3 is 3.04 bits per heavy atom. The summed E-state index contributed by atoms with van der Waals surface area (Å²) >= 11 is 0. The van der Waals surface area contributed by atoms with Crippen molar-refractivity contribution in [2.24, 2.45) is 11.7 Å². The van der Waals surface area contributed by atoms with Crippen molar-refractivity contribution in [2.75, 3.05) is 19.6 Å². The average Bonchev–Trinajstić information content (AvgIpc) is 3.26. The smallest absolute Gasteiger partial charge is 0.373 e. The van der Waals surface area contributed by atoms with Gasteiger partial charge in [-0.15, -0.1) is 0 Å². The molecule has 1 aliphatic carbocycles. The van der Waals surface area contributed by atoms with Crippen LogP contribution in [0.4, 0.5) is 0 Å². The van der Waals surface area contributed by atoms with Gasteiger partial charge >= 0.3 is 13.5 Å². The Labute approximate surface area is 137 Å². The van der Waals surface area contributed by atoms with Gasteiger partial charge in [-0.25, -0.2) is 0 Å². The molecule has 0 aromatic heterocycles. The van der Waals surface area contributed by atoms with Gasteiger partial charge in [-0.3, -0.25) is 4.79 Å². The minimum atomic E-state index is -0.925. The van der Waals surface area contributed by atoms with Gasteiger partial charge in [0.05, 0.1) is 0 Å². The van der Waals surface area contributed by atoms with Crippen LogP contribution in [0.2, 0.25) is 5.82 Å². The van der Waals surface area contributed by atoms with Crippen molar-refractivity contribution >= 4 is 13.5 Å². The highest BCUT2D eigenvalue weighted by Gasteiger charge is 2.45. The lowest BCUT2D eigenvalue weighted by atomic mass is 9.82. The number of hydrogen-bond acceptors (Lipinski definition) is 4. The van der Waals surface area contributed by atoms with E-state index >= 15 is 0 Å². The molecule has 3 N–H and O–H groups in total. The zero-order chi connectivity index (χ0) is 16.1. The lowest BCUT2D eigenvalue weighted by Crippen LogP contribution is -2.53. The van der Waals surface area contributed by atoms with Gasteiger partial charge in [-0.1, -0.05) is 12.1 Å². The molecular weight excluding hydrogens is 291 g/mol. The van der Waals surface area contributed by atoms with E-state index in [9.17, 15) is 4.79 Å². The van der Waals surface area contributed by atoms with Crippen molar-refractivity contribution in [3.63, 3.8) is 0 Å². The maximum Gasteiger partial charge on any atom is 0.373 e. The van der Waals surface area contributed by atoms with E-state index in [-0.39, 0.29) is 0 Å². The Balaban J connectivity index is 1.37. The third-order valence-corrected chi connectivity index (χ3v) is 5.46. The molecule has 1 saturated carbocycles. The minimum Gasteiger partial charge on any atom is -0.562 e. The van der Waals surface area contributed by atoms with Gasteiger partial charge in [-0.2, -0.15) is 0 Å². The molecular formula is C17H22BN2O3. The third kappa shape index (κ3) is 2.74. The maximum atomic E-state index is 10.8. The number of hydrogen-bond donors (Lipinski definition) is 2. The molecule has 2 aliphatic heterocycles. The van der Waals surface area contributed by atoms with E-state index in [4.69, 9.17) is 15.5 Å². The van der Waals surface area contributed by atoms with Crippen LogP contribution in [0.3, 0.4) is 0 Å². The van der Waals surface area contributed by atoms with Crippen LogP contribution in [0.5, 0.6) is 5.75 Å². The molecule has 0 bridgehead atoms. The predicted molar refractivity (Wildman–Crippen MR) is 87.9 cm³/mol. The van der Waals surface area contributed by atoms with Crippen molar-refractivity contribution in [3.8, 4) is 5.75 Å². The van der Waals surface area contributed by atoms with E-state index in [1.165, 1.54) is 23.1 Å². The van der Waals surface area contributed by atoms with Gasteiger partial charge in [-0.05, 0) is 54.1 Å². The summed E-state index contributed by atoms with van der Waals surface area (Å²) in [5.74, 6) is 2.04. The van der Waals surface area contributed by atoms with Crippen LogP contribution in [-0.2, 0) is 11.2 Å². The zero-order valence-corrected chi connectivity index (χ0v) is 13.4. The topological polar surface area (TPSA) is 75.8 Å². The predicted octanol–water partition coefficient (Wildman–Crippen LogP) is 1.17. The van der Waals surface area contributed by atoms with E-state index in [2.05, 4.69) is 24.0 Å². The van der Waals surface area contributed by atoms with Gasteiger partial charge in [0.25, 0.3) is 0 Å². The largest absolute Gasteiger partial charge is 0.562 e. The second-order valence-corrected chi connectivity index (χ2v) is 7.26. The molecule has 3 unspecified atom stereocenters. The number of nitrogens with zero attached hydrogens (tertiary/aromatic N) is 1. The molecule has 4 rings (SSSR count). The van der Waals surface area contributed by atoms with Crippen LogP contribution in [0, 0.1) is 12.8 Å². The Bertz CT molecular complexity index is 645. The van der Waals surface area contributed by atoms with Gasteiger partial charge in [0, 0.05) is 19.6 Å². The molecule has 2 heterocycles. The zero-order valence-electron chi connectivity index (χ0n) is 13.4. The first-order valence-electron chi connectivity index (χ1n) is 8.36. The maximum absolute atomic E-state index is 10.8. The molecule has 121 valence electrons. The molecule has 0 spiro atoms. The quantitative estimate of drug-likeness (QED) is 0.798. The lowest BCUT2D eigenvalue weighted by molar-refractivity contribution is -0.139. The summed E-state index contributed by atoms with van der Waals surface area (Å²) in [6.45, 7) is 4.45. The number of carboxylic acids is 1. The van der Waals surface area contributed by atoms with Gasteiger partial charge in [0.1, 0.15) is 11.8 Å². The minimum absolute atomic E-state index is 0.441. The normalized spacial score (nSPS) is 27.0. The second-order valence-electron chi connectivity index (χ2n) is 7.26. The van der Waals surface area contributed by atoms with Crippen LogP contribution in [0.15, 0.2) is 12.1 Å². The highest BCUT2D eigenvalue weighted by molar-refractivity contribution is 6.33. The van der Waals surface area contributed by atoms with Crippen molar-refractivity contribution in [1.82, 2.24) is 4.90 Å². The summed E-state index contributed by atoms with van der Waals surface area (Å²) in [4.78, 5) is 12.9. The molecule has 1 aromatic carbocycles. The number of carbonyl (C=O) groups is 1. The first kappa shape index (κ1) is 15.0. The number of carboxylic acid groups (broad SMARTS) is 1. The first-order chi connectivity index (χ1) is 11.0. The van der Waals surface area contributed by atoms with E-state index in [1.54, 1.807) is 0 Å². The fraction of sp³-hybridized carbons (Fsp3) is 0.588. The fourth-order valence-electron chi connectivity index (χ4n) is 3.92. The van der Waals surface area contributed by atoms with Gasteiger partial charge in [0.15, 0.2) is 0 Å². The molecule has 6 heteroatoms. The summed E-state index contributed by atoms with van der Waals surface area (Å²) in [6, 6.07) is 3.72. The molecule has 23 heavy (non-hydrogen) atoms. The van der Waals surface area contributed by atoms with Crippen molar-refractivity contribution in [3.05, 3.63) is 28.8 Å². The Morgan fingerprint density at radius 1 is 1.52 bits per heavy atom. The third-order valence-electron chi connectivity index (χ3n) is 5.46. The van der Waals surface area contributed by atoms with E-state index in [1.807, 2.05) is 7.48 Å². The SMILES string of the molecule is Cc1c(CC2CN(CC(N)C(=O)O)C2)ccc2c1O[B]C1CC21. The molecule has 5 nitrogen and oxygen atoms in total. The number of fused-ring (bicyclic) bond motifs is 3. The molecule has 0 amide bonds. The summed E-state index contributed by atoms with van der Waals surface area (Å²) in [5, 5.41) is 8.86. The molecule has 2 fully saturated rings. The number of nitrogens with two attached hydrogens (primary N) is 1. The lowest BCUT2D eigenvalue weighted by Gasteiger charge is -2.40. The van der Waals surface area contributed by atoms with Crippen molar-refractivity contribution in [2.45, 2.75) is 37.5 Å². The van der Waals surface area contributed by atoms with E-state index < -0.39 is 12.0 Å². The van der Waals surface area contributed by atoms with Crippen LogP contribution in [0.25, 0.3) is 0 Å². The summed E-state index contributed by atoms with van der Waals surface area (Å²) in [5.41, 5.74) is 9.58. The first-order valence-corrected chi connectivity index (χ1v) is 8.36. The summed E-state index contributed by atoms with van der Waals surface area (Å²) in [7, 11) is 2.00. The second kappa shape index (κ2) is 5.53. The summed E-state index contributed by atoms with van der Waals surface area (Å²) < 4.78 is 5.86. The standard InChI is InChI=1S/C17H22BN2O3/c1-9-11(2-3-12-13-5-14(13)18-23-16(9)12)4-10-6-20(7-10)8-15(19)17(21)22/h2-3,10,13-15H,4-8,19H2,1H3,(H,21,22). The molecule has 3 atom stereocenters. The Morgan fingerprint density at radius 2 is 2.30 bits per heavy atom. The molecule has 1 radical (unpaired) electrons. The Hall–Kier alpha value is -1.53. The molecule has 3 aliphatic rings. The highest BCUT2D eigenvalue weighted by atomic mass is 16.4. The van der Waals surface area contributed by atoms with E-state index in [0.29, 0.717) is 24.2 Å². The van der Waals surface area contributed by atoms with E-state index in [0.717, 1.165) is 25.3 Å². The van der Waals surface area contributed by atoms with Crippen molar-refractivity contribution in [1.29, 1.82) is 0 Å². The number of rotatable bonds is 5. The van der Waals surface area contributed by atoms with Crippen LogP contribution >= 0.6 is 0 Å². The van der Waals surface area contributed by atoms with Gasteiger partial charge in [0.2, 0.25) is 0 Å². The number of aliphatic carboxylic acids is 1. The number of benzene rings is 1.